The van der Waals surface area contributed by atoms with Crippen LogP contribution in [0.3, 0.4) is 0 Å². The molecule has 0 bridgehead atoms. The molecule has 2 aromatic rings. The number of hydrogen-bond donors (Lipinski definition) is 1. The molecule has 0 saturated heterocycles. The Morgan fingerprint density at radius 3 is 2.45 bits per heavy atom. The number of nitrogens with one attached hydrogen (secondary N) is 1. The van der Waals surface area contributed by atoms with E-state index >= 15 is 0 Å². The van der Waals surface area contributed by atoms with Gasteiger partial charge in [0.1, 0.15) is 11.4 Å². The molecule has 2 aromatic heterocycles. The number of anilines is 1. The lowest BCUT2D eigenvalue weighted by Gasteiger charge is -2.44. The van der Waals surface area contributed by atoms with Gasteiger partial charge in [-0.25, -0.2) is 22.2 Å². The molecule has 1 aliphatic carbocycles. The molecular formula is C19H22F4N4O3S. The first-order chi connectivity index (χ1) is 14.0. The normalized spacial score (nSPS) is 17.8. The summed E-state index contributed by atoms with van der Waals surface area (Å²) in [4.78, 5) is 16.7. The summed E-state index contributed by atoms with van der Waals surface area (Å²) in [6.45, 7) is 3.37. The minimum absolute atomic E-state index is 0.0822. The van der Waals surface area contributed by atoms with Crippen LogP contribution in [0.15, 0.2) is 23.4 Å². The third kappa shape index (κ3) is 4.89. The topological polar surface area (TPSA) is 93.9 Å². The van der Waals surface area contributed by atoms with E-state index in [1.807, 2.05) is 0 Å². The molecule has 0 aliphatic heterocycles. The van der Waals surface area contributed by atoms with Crippen molar-refractivity contribution < 1.29 is 30.8 Å². The van der Waals surface area contributed by atoms with E-state index in [1.54, 1.807) is 6.92 Å². The molecule has 3 rings (SSSR count). The summed E-state index contributed by atoms with van der Waals surface area (Å²) in [6, 6.07) is 2.47. The molecule has 2 heterocycles. The van der Waals surface area contributed by atoms with E-state index in [9.17, 15) is 30.8 Å². The van der Waals surface area contributed by atoms with Gasteiger partial charge < -0.3 is 5.32 Å². The van der Waals surface area contributed by atoms with Gasteiger partial charge in [-0.3, -0.25) is 9.48 Å². The maximum Gasteiger partial charge on any atom is 0.289 e. The summed E-state index contributed by atoms with van der Waals surface area (Å²) in [5.74, 6) is -7.01. The van der Waals surface area contributed by atoms with Crippen LogP contribution in [0.4, 0.5) is 23.2 Å². The fourth-order valence-corrected chi connectivity index (χ4v) is 4.51. The van der Waals surface area contributed by atoms with Crippen molar-refractivity contribution in [3.05, 3.63) is 35.3 Å². The number of alkyl halides is 4. The van der Waals surface area contributed by atoms with Gasteiger partial charge >= 0.3 is 0 Å². The van der Waals surface area contributed by atoms with Gasteiger partial charge in [-0.2, -0.15) is 13.9 Å². The number of sulfone groups is 1. The third-order valence-electron chi connectivity index (χ3n) is 5.10. The average Bonchev–Trinajstić information content (AvgIpc) is 2.88. The molecule has 12 heteroatoms. The molecule has 1 saturated carbocycles. The van der Waals surface area contributed by atoms with Crippen molar-refractivity contribution >= 4 is 21.4 Å². The van der Waals surface area contributed by atoms with E-state index in [-0.39, 0.29) is 28.5 Å². The number of halogens is 4. The predicted octanol–water partition coefficient (Wildman–Crippen LogP) is 3.79. The number of aromatic nitrogens is 3. The molecule has 170 valence electrons. The molecule has 0 spiro atoms. The lowest BCUT2D eigenvalue weighted by atomic mass is 9.67. The SMILES string of the molecule is Cc1c(C(C)(F)F)nn(CC2(C)CC(F)(F)C2)c1C(=O)Nc1ccnc(S(C)(=O)=O)c1. The largest absolute Gasteiger partial charge is 0.321 e. The van der Waals surface area contributed by atoms with Crippen molar-refractivity contribution in [1.82, 2.24) is 14.8 Å². The zero-order valence-electron chi connectivity index (χ0n) is 17.3. The molecule has 1 N–H and O–H groups in total. The standard InChI is InChI=1S/C19H22F4N4O3S/c1-11-14(16(28)25-12-5-6-24-13(7-12)31(4,29)30)27(26-15(11)18(3,20)21)10-17(2)8-19(22,23)9-17/h5-7H,8-10H2,1-4H3,(H,24,25,28). The second kappa shape index (κ2) is 7.28. The van der Waals surface area contributed by atoms with Gasteiger partial charge in [0, 0.05) is 50.0 Å². The lowest BCUT2D eigenvalue weighted by molar-refractivity contribution is -0.160. The molecule has 0 aromatic carbocycles. The first kappa shape index (κ1) is 23.2. The molecule has 0 atom stereocenters. The number of carbonyl (C=O) groups excluding carboxylic acids is 1. The van der Waals surface area contributed by atoms with Crippen LogP contribution < -0.4 is 5.32 Å². The molecule has 1 aliphatic rings. The summed E-state index contributed by atoms with van der Waals surface area (Å²) in [5.41, 5.74) is -1.74. The third-order valence-corrected chi connectivity index (χ3v) is 6.08. The summed E-state index contributed by atoms with van der Waals surface area (Å²) in [6.07, 6.45) is 1.24. The number of hydrogen-bond acceptors (Lipinski definition) is 5. The molecule has 0 radical (unpaired) electrons. The summed E-state index contributed by atoms with van der Waals surface area (Å²) in [5, 5.41) is 6.05. The summed E-state index contributed by atoms with van der Waals surface area (Å²) < 4.78 is 79.3. The van der Waals surface area contributed by atoms with Crippen LogP contribution in [-0.4, -0.2) is 41.3 Å². The lowest BCUT2D eigenvalue weighted by Crippen LogP contribution is -2.47. The zero-order valence-corrected chi connectivity index (χ0v) is 18.2. The number of rotatable bonds is 6. The Hall–Kier alpha value is -2.50. The first-order valence-electron chi connectivity index (χ1n) is 9.32. The van der Waals surface area contributed by atoms with Crippen LogP contribution in [-0.2, 0) is 22.3 Å². The van der Waals surface area contributed by atoms with Gasteiger partial charge in [0.25, 0.3) is 11.8 Å². The minimum Gasteiger partial charge on any atom is -0.321 e. The van der Waals surface area contributed by atoms with Crippen molar-refractivity contribution in [2.24, 2.45) is 5.41 Å². The highest BCUT2D eigenvalue weighted by atomic mass is 32.2. The van der Waals surface area contributed by atoms with E-state index in [0.717, 1.165) is 17.0 Å². The minimum atomic E-state index is -3.64. The van der Waals surface area contributed by atoms with Gasteiger partial charge in [-0.05, 0) is 24.5 Å². The van der Waals surface area contributed by atoms with E-state index in [1.165, 1.54) is 19.2 Å². The van der Waals surface area contributed by atoms with Crippen LogP contribution in [0.25, 0.3) is 0 Å². The Morgan fingerprint density at radius 2 is 1.94 bits per heavy atom. The average molecular weight is 462 g/mol. The van der Waals surface area contributed by atoms with Crippen molar-refractivity contribution in [3.63, 3.8) is 0 Å². The van der Waals surface area contributed by atoms with Gasteiger partial charge in [0.15, 0.2) is 14.9 Å². The van der Waals surface area contributed by atoms with Crippen molar-refractivity contribution in [3.8, 4) is 0 Å². The second-order valence-corrected chi connectivity index (χ2v) is 10.5. The zero-order chi connectivity index (χ0) is 23.4. The smallest absolute Gasteiger partial charge is 0.289 e. The van der Waals surface area contributed by atoms with Crippen LogP contribution in [0, 0.1) is 12.3 Å². The van der Waals surface area contributed by atoms with E-state index < -0.39 is 51.5 Å². The number of nitrogens with zero attached hydrogens (tertiary/aromatic N) is 3. The molecule has 31 heavy (non-hydrogen) atoms. The maximum absolute atomic E-state index is 14.0. The number of carbonyl (C=O) groups is 1. The molecule has 1 amide bonds. The highest BCUT2D eigenvalue weighted by Gasteiger charge is 2.54. The number of amides is 1. The Kier molecular flexibility index (Phi) is 5.44. The van der Waals surface area contributed by atoms with Gasteiger partial charge in [0.2, 0.25) is 5.92 Å². The quantitative estimate of drug-likeness (QED) is 0.660. The van der Waals surface area contributed by atoms with Crippen LogP contribution in [0.1, 0.15) is 48.4 Å². The highest BCUT2D eigenvalue weighted by Crippen LogP contribution is 2.52. The fourth-order valence-electron chi connectivity index (χ4n) is 3.92. The summed E-state index contributed by atoms with van der Waals surface area (Å²) >= 11 is 0. The van der Waals surface area contributed by atoms with Crippen molar-refractivity contribution in [2.45, 2.75) is 57.0 Å². The Labute approximate surface area is 176 Å². The first-order valence-corrected chi connectivity index (χ1v) is 11.2. The summed E-state index contributed by atoms with van der Waals surface area (Å²) in [7, 11) is -3.64. The molecule has 7 nitrogen and oxygen atoms in total. The van der Waals surface area contributed by atoms with Crippen LogP contribution >= 0.6 is 0 Å². The van der Waals surface area contributed by atoms with E-state index in [0.29, 0.717) is 6.92 Å². The van der Waals surface area contributed by atoms with Gasteiger partial charge in [-0.1, -0.05) is 6.92 Å². The second-order valence-electron chi connectivity index (χ2n) is 8.50. The number of pyridine rings is 1. The maximum atomic E-state index is 14.0. The predicted molar refractivity (Wildman–Crippen MR) is 104 cm³/mol. The molecule has 0 unspecified atom stereocenters. The Balaban J connectivity index is 1.97. The Morgan fingerprint density at radius 1 is 1.32 bits per heavy atom. The molecular weight excluding hydrogens is 440 g/mol. The van der Waals surface area contributed by atoms with Crippen LogP contribution in [0.2, 0.25) is 0 Å². The highest BCUT2D eigenvalue weighted by molar-refractivity contribution is 7.90. The van der Waals surface area contributed by atoms with Crippen molar-refractivity contribution in [2.75, 3.05) is 11.6 Å². The fraction of sp³-hybridized carbons (Fsp3) is 0.526. The van der Waals surface area contributed by atoms with E-state index in [4.69, 9.17) is 0 Å². The monoisotopic (exact) mass is 462 g/mol. The van der Waals surface area contributed by atoms with E-state index in [2.05, 4.69) is 15.4 Å². The van der Waals surface area contributed by atoms with Gasteiger partial charge in [-0.15, -0.1) is 0 Å². The molecule has 1 fully saturated rings. The Bertz CT molecular complexity index is 1130. The van der Waals surface area contributed by atoms with Gasteiger partial charge in [0.05, 0.1) is 0 Å². The van der Waals surface area contributed by atoms with Crippen molar-refractivity contribution in [1.29, 1.82) is 0 Å². The van der Waals surface area contributed by atoms with Crippen LogP contribution in [0.5, 0.6) is 0 Å².